The average molecular weight is 492 g/mol. The highest BCUT2D eigenvalue weighted by molar-refractivity contribution is 5.92. The van der Waals surface area contributed by atoms with E-state index in [1.807, 2.05) is 30.5 Å². The van der Waals surface area contributed by atoms with Crippen molar-refractivity contribution in [2.45, 2.75) is 45.6 Å². The van der Waals surface area contributed by atoms with Crippen molar-refractivity contribution in [3.8, 4) is 5.75 Å². The number of hydrogen-bond donors (Lipinski definition) is 3. The number of nitrogens with two attached hydrogens (primary N) is 1. The Bertz CT molecular complexity index is 1370. The number of carbonyl (C=O) groups is 1. The third-order valence-corrected chi connectivity index (χ3v) is 5.76. The van der Waals surface area contributed by atoms with Crippen molar-refractivity contribution in [3.05, 3.63) is 71.7 Å². The molecule has 1 aromatic carbocycles. The van der Waals surface area contributed by atoms with Gasteiger partial charge in [0.15, 0.2) is 11.6 Å². The molecule has 0 radical (unpaired) electrons. The summed E-state index contributed by atoms with van der Waals surface area (Å²) < 4.78 is 21.5. The predicted molar refractivity (Wildman–Crippen MR) is 138 cm³/mol. The Balaban J connectivity index is 0.00000148. The maximum Gasteiger partial charge on any atom is 0.230 e. The molecule has 0 aliphatic heterocycles. The van der Waals surface area contributed by atoms with Gasteiger partial charge in [-0.25, -0.2) is 19.3 Å². The first-order valence-corrected chi connectivity index (χ1v) is 11.9. The Morgan fingerprint density at radius 2 is 1.94 bits per heavy atom. The molecule has 0 saturated heterocycles. The number of aromatic nitrogens is 4. The fourth-order valence-corrected chi connectivity index (χ4v) is 3.81. The van der Waals surface area contributed by atoms with Gasteiger partial charge in [-0.1, -0.05) is 19.9 Å². The third kappa shape index (κ3) is 5.70. The van der Waals surface area contributed by atoms with Crippen molar-refractivity contribution in [1.82, 2.24) is 19.4 Å². The number of benzene rings is 1. The molecule has 3 heterocycles. The molecule has 4 N–H and O–H groups in total. The lowest BCUT2D eigenvalue weighted by Crippen LogP contribution is -2.17. The number of anilines is 3. The van der Waals surface area contributed by atoms with Crippen molar-refractivity contribution >= 4 is 28.9 Å². The monoisotopic (exact) mass is 491 g/mol. The van der Waals surface area contributed by atoms with E-state index in [0.29, 0.717) is 18.3 Å². The second-order valence-electron chi connectivity index (χ2n) is 8.25. The Morgan fingerprint density at radius 3 is 2.69 bits per heavy atom. The van der Waals surface area contributed by atoms with Gasteiger partial charge in [0.25, 0.3) is 0 Å². The standard InChI is InChI=1S/C24H24FN7O2.C2H6/c1-34-19-6-5-18(26)17(24(19)25)8-23(33)31-21-9-20(28-13-29-21)27-10-16-12-32-11-15(14-2-3-14)4-7-22(32)30-16;1-2/h4-7,9,11-14H,2-3,8,10,26H2,1H3,(H2,27,28,29,31,33);1-2H3. The van der Waals surface area contributed by atoms with Gasteiger partial charge in [-0.05, 0) is 42.5 Å². The summed E-state index contributed by atoms with van der Waals surface area (Å²) in [6.07, 6.45) is 7.72. The smallest absolute Gasteiger partial charge is 0.230 e. The number of fused-ring (bicyclic) bond motifs is 1. The zero-order chi connectivity index (χ0) is 25.7. The Kier molecular flexibility index (Phi) is 7.62. The molecule has 188 valence electrons. The number of halogens is 1. The molecule has 5 rings (SSSR count). The normalized spacial score (nSPS) is 12.6. The summed E-state index contributed by atoms with van der Waals surface area (Å²) in [5, 5.41) is 5.85. The molecular formula is C26H30FN7O2. The van der Waals surface area contributed by atoms with Crippen molar-refractivity contribution in [3.63, 3.8) is 0 Å². The van der Waals surface area contributed by atoms with Crippen LogP contribution in [0.1, 0.15) is 49.4 Å². The summed E-state index contributed by atoms with van der Waals surface area (Å²) >= 11 is 0. The third-order valence-electron chi connectivity index (χ3n) is 5.76. The average Bonchev–Trinajstić information content (AvgIpc) is 3.66. The molecule has 10 heteroatoms. The summed E-state index contributed by atoms with van der Waals surface area (Å²) in [5.41, 5.74) is 9.18. The lowest BCUT2D eigenvalue weighted by molar-refractivity contribution is -0.115. The van der Waals surface area contributed by atoms with E-state index in [9.17, 15) is 9.18 Å². The van der Waals surface area contributed by atoms with E-state index in [1.54, 1.807) is 6.07 Å². The van der Waals surface area contributed by atoms with Gasteiger partial charge in [-0.3, -0.25) is 4.79 Å². The molecule has 0 bridgehead atoms. The summed E-state index contributed by atoms with van der Waals surface area (Å²) in [5.74, 6) is 0.400. The number of hydrogen-bond acceptors (Lipinski definition) is 7. The zero-order valence-electron chi connectivity index (χ0n) is 20.6. The highest BCUT2D eigenvalue weighted by Crippen LogP contribution is 2.39. The van der Waals surface area contributed by atoms with Crippen LogP contribution < -0.4 is 21.1 Å². The first-order valence-electron chi connectivity index (χ1n) is 11.9. The molecule has 0 unspecified atom stereocenters. The Hall–Kier alpha value is -4.21. The molecule has 1 aliphatic rings. The van der Waals surface area contributed by atoms with E-state index in [2.05, 4.69) is 37.8 Å². The molecule has 0 spiro atoms. The Morgan fingerprint density at radius 1 is 1.17 bits per heavy atom. The van der Waals surface area contributed by atoms with Gasteiger partial charge in [-0.15, -0.1) is 0 Å². The summed E-state index contributed by atoms with van der Waals surface area (Å²) in [6, 6.07) is 8.70. The predicted octanol–water partition coefficient (Wildman–Crippen LogP) is 4.55. The molecule has 36 heavy (non-hydrogen) atoms. The topological polar surface area (TPSA) is 119 Å². The second-order valence-corrected chi connectivity index (χ2v) is 8.25. The number of pyridine rings is 1. The molecule has 1 aliphatic carbocycles. The van der Waals surface area contributed by atoms with E-state index in [0.717, 1.165) is 11.3 Å². The van der Waals surface area contributed by atoms with Crippen LogP contribution in [-0.4, -0.2) is 32.4 Å². The fraction of sp³-hybridized carbons (Fsp3) is 0.308. The molecule has 4 aromatic rings. The SMILES string of the molecule is CC.COc1ccc(N)c(CC(=O)Nc2cc(NCc3cn4cc(C5CC5)ccc4n3)ncn2)c1F. The lowest BCUT2D eigenvalue weighted by atomic mass is 10.1. The molecule has 1 saturated carbocycles. The van der Waals surface area contributed by atoms with Gasteiger partial charge in [0.1, 0.15) is 23.6 Å². The maximum absolute atomic E-state index is 14.5. The summed E-state index contributed by atoms with van der Waals surface area (Å²) in [7, 11) is 1.35. The highest BCUT2D eigenvalue weighted by atomic mass is 19.1. The lowest BCUT2D eigenvalue weighted by Gasteiger charge is -2.11. The molecule has 1 amide bonds. The fourth-order valence-electron chi connectivity index (χ4n) is 3.81. The Labute approximate surface area is 208 Å². The number of imidazole rings is 1. The van der Waals surface area contributed by atoms with Gasteiger partial charge in [-0.2, -0.15) is 0 Å². The zero-order valence-corrected chi connectivity index (χ0v) is 20.6. The molecular weight excluding hydrogens is 461 g/mol. The second kappa shape index (κ2) is 11.0. The number of ether oxygens (including phenoxy) is 1. The van der Waals surface area contributed by atoms with Crippen molar-refractivity contribution in [1.29, 1.82) is 0 Å². The van der Waals surface area contributed by atoms with Crippen LogP contribution in [0.15, 0.2) is 49.1 Å². The number of rotatable bonds is 8. The van der Waals surface area contributed by atoms with Crippen LogP contribution in [0.4, 0.5) is 21.7 Å². The number of nitrogens with zero attached hydrogens (tertiary/aromatic N) is 4. The number of amides is 1. The quantitative estimate of drug-likeness (QED) is 0.309. The van der Waals surface area contributed by atoms with Crippen LogP contribution in [0.5, 0.6) is 5.75 Å². The van der Waals surface area contributed by atoms with Crippen molar-refractivity contribution < 1.29 is 13.9 Å². The van der Waals surface area contributed by atoms with Gasteiger partial charge in [0.2, 0.25) is 5.91 Å². The molecule has 9 nitrogen and oxygen atoms in total. The van der Waals surface area contributed by atoms with E-state index in [-0.39, 0.29) is 29.2 Å². The number of nitrogen functional groups attached to an aromatic ring is 1. The van der Waals surface area contributed by atoms with Crippen LogP contribution in [0.3, 0.4) is 0 Å². The maximum atomic E-state index is 14.5. The minimum atomic E-state index is -0.653. The minimum Gasteiger partial charge on any atom is -0.494 e. The van der Waals surface area contributed by atoms with E-state index < -0.39 is 11.7 Å². The first kappa shape index (κ1) is 24.9. The van der Waals surface area contributed by atoms with Crippen LogP contribution in [-0.2, 0) is 17.8 Å². The van der Waals surface area contributed by atoms with Crippen LogP contribution in [0.25, 0.3) is 5.65 Å². The van der Waals surface area contributed by atoms with Gasteiger partial charge in [0, 0.05) is 29.7 Å². The van der Waals surface area contributed by atoms with Gasteiger partial charge >= 0.3 is 0 Å². The van der Waals surface area contributed by atoms with Crippen molar-refractivity contribution in [2.75, 3.05) is 23.5 Å². The first-order chi connectivity index (χ1) is 17.5. The van der Waals surface area contributed by atoms with E-state index in [4.69, 9.17) is 10.5 Å². The van der Waals surface area contributed by atoms with Crippen LogP contribution >= 0.6 is 0 Å². The van der Waals surface area contributed by atoms with E-state index >= 15 is 0 Å². The largest absolute Gasteiger partial charge is 0.494 e. The summed E-state index contributed by atoms with van der Waals surface area (Å²) in [4.78, 5) is 25.4. The highest BCUT2D eigenvalue weighted by Gasteiger charge is 2.23. The molecule has 1 fully saturated rings. The number of carbonyl (C=O) groups excluding carboxylic acids is 1. The van der Waals surface area contributed by atoms with Crippen LogP contribution in [0, 0.1) is 5.82 Å². The van der Waals surface area contributed by atoms with Crippen molar-refractivity contribution in [2.24, 2.45) is 0 Å². The van der Waals surface area contributed by atoms with Gasteiger partial charge in [0.05, 0.1) is 25.8 Å². The molecule has 3 aromatic heterocycles. The van der Waals surface area contributed by atoms with Crippen LogP contribution in [0.2, 0.25) is 0 Å². The molecule has 0 atom stereocenters. The van der Waals surface area contributed by atoms with E-state index in [1.165, 1.54) is 44.0 Å². The number of methoxy groups -OCH3 is 1. The minimum absolute atomic E-state index is 0.0289. The van der Waals surface area contributed by atoms with Gasteiger partial charge < -0.3 is 25.5 Å². The number of nitrogens with one attached hydrogen (secondary N) is 2. The summed E-state index contributed by atoms with van der Waals surface area (Å²) in [6.45, 7) is 4.45.